The minimum Gasteiger partial charge on any atom is -0.294 e. The number of anilines is 1. The van der Waals surface area contributed by atoms with Gasteiger partial charge in [-0.2, -0.15) is 5.53 Å². The third-order valence-corrected chi connectivity index (χ3v) is 3.36. The number of Topliss-reactive ketones (excluding diaryl/α,β-unsaturated/α-hetero) is 1. The fourth-order valence-electron chi connectivity index (χ4n) is 1.96. The first-order valence-corrected chi connectivity index (χ1v) is 7.08. The van der Waals surface area contributed by atoms with E-state index in [2.05, 4.69) is 5.22 Å². The molecule has 0 heterocycles. The summed E-state index contributed by atoms with van der Waals surface area (Å²) < 4.78 is 0. The lowest BCUT2D eigenvalue weighted by Gasteiger charge is -2.17. The van der Waals surface area contributed by atoms with Gasteiger partial charge in [0.2, 0.25) is 0 Å². The van der Waals surface area contributed by atoms with Gasteiger partial charge in [-0.1, -0.05) is 35.0 Å². The van der Waals surface area contributed by atoms with E-state index in [1.807, 2.05) is 6.07 Å². The van der Waals surface area contributed by atoms with Crippen LogP contribution >= 0.6 is 11.6 Å². The van der Waals surface area contributed by atoms with Gasteiger partial charge < -0.3 is 0 Å². The van der Waals surface area contributed by atoms with Crippen LogP contribution in [0, 0.1) is 10.9 Å². The smallest absolute Gasteiger partial charge is 0.163 e. The van der Waals surface area contributed by atoms with Gasteiger partial charge in [0.05, 0.1) is 5.69 Å². The zero-order chi connectivity index (χ0) is 15.9. The predicted octanol–water partition coefficient (Wildman–Crippen LogP) is 4.73. The topological polar surface area (TPSA) is 80.4 Å². The van der Waals surface area contributed by atoms with Crippen molar-refractivity contribution in [3.05, 3.63) is 65.2 Å². The van der Waals surface area contributed by atoms with Gasteiger partial charge in [-0.05, 0) is 36.4 Å². The lowest BCUT2D eigenvalue weighted by Crippen LogP contribution is -2.24. The second-order valence-electron chi connectivity index (χ2n) is 4.62. The minimum atomic E-state index is -0.0700. The molecule has 0 fully saturated rings. The number of hydrogen-bond acceptors (Lipinski definition) is 4. The summed E-state index contributed by atoms with van der Waals surface area (Å²) in [7, 11) is 0. The fourth-order valence-corrected chi connectivity index (χ4v) is 2.09. The molecular formula is C16H15ClN4O. The summed E-state index contributed by atoms with van der Waals surface area (Å²) in [4.78, 5) is 12.1. The molecule has 0 unspecified atom stereocenters. The summed E-state index contributed by atoms with van der Waals surface area (Å²) in [5, 5.41) is 13.1. The lowest BCUT2D eigenvalue weighted by atomic mass is 10.1. The van der Waals surface area contributed by atoms with Crippen LogP contribution < -0.4 is 5.01 Å². The highest BCUT2D eigenvalue weighted by molar-refractivity contribution is 6.30. The number of amidine groups is 1. The molecule has 2 aromatic carbocycles. The van der Waals surface area contributed by atoms with Crippen molar-refractivity contribution >= 4 is 28.9 Å². The molecule has 0 bridgehead atoms. The maximum atomic E-state index is 12.1. The summed E-state index contributed by atoms with van der Waals surface area (Å²) in [6.45, 7) is 0. The molecule has 0 aliphatic heterocycles. The minimum absolute atomic E-state index is 0.0700. The Bertz CT molecular complexity index is 670. The summed E-state index contributed by atoms with van der Waals surface area (Å²) >= 11 is 5.79. The van der Waals surface area contributed by atoms with E-state index >= 15 is 0 Å². The molecule has 0 atom stereocenters. The number of carbonyl (C=O) groups excluding carboxylic acids is 1. The quantitative estimate of drug-likeness (QED) is 0.266. The zero-order valence-electron chi connectivity index (χ0n) is 11.8. The van der Waals surface area contributed by atoms with E-state index in [1.54, 1.807) is 48.5 Å². The Hall–Kier alpha value is -2.53. The van der Waals surface area contributed by atoms with Gasteiger partial charge in [-0.15, -0.1) is 0 Å². The van der Waals surface area contributed by atoms with Crippen molar-refractivity contribution in [2.75, 3.05) is 5.01 Å². The van der Waals surface area contributed by atoms with Gasteiger partial charge in [-0.3, -0.25) is 10.2 Å². The van der Waals surface area contributed by atoms with Crippen molar-refractivity contribution < 1.29 is 4.79 Å². The molecule has 0 radical (unpaired) electrons. The van der Waals surface area contributed by atoms with E-state index in [1.165, 1.54) is 5.01 Å². The van der Waals surface area contributed by atoms with Crippen LogP contribution in [0.5, 0.6) is 0 Å². The fraction of sp³-hybridized carbons (Fsp3) is 0.125. The van der Waals surface area contributed by atoms with Crippen molar-refractivity contribution in [1.29, 1.82) is 10.9 Å². The highest BCUT2D eigenvalue weighted by Crippen LogP contribution is 2.17. The van der Waals surface area contributed by atoms with E-state index in [4.69, 9.17) is 22.5 Å². The summed E-state index contributed by atoms with van der Waals surface area (Å²) in [5.74, 6) is 0.0305. The molecule has 22 heavy (non-hydrogen) atoms. The molecule has 0 saturated heterocycles. The lowest BCUT2D eigenvalue weighted by molar-refractivity contribution is 0.0984. The van der Waals surface area contributed by atoms with Crippen LogP contribution in [-0.4, -0.2) is 11.6 Å². The summed E-state index contributed by atoms with van der Waals surface area (Å²) in [6.07, 6.45) is 0.387. The Morgan fingerprint density at radius 3 is 2.27 bits per heavy atom. The number of rotatable bonds is 6. The average molecular weight is 315 g/mol. The molecule has 2 N–H and O–H groups in total. The van der Waals surface area contributed by atoms with Crippen LogP contribution in [0.25, 0.3) is 0 Å². The number of para-hydroxylation sites is 1. The van der Waals surface area contributed by atoms with Crippen molar-refractivity contribution in [2.24, 2.45) is 5.22 Å². The molecule has 0 amide bonds. The normalized spacial score (nSPS) is 10.0. The number of halogens is 1. The molecule has 6 heteroatoms. The molecular weight excluding hydrogens is 300 g/mol. The molecule has 5 nitrogen and oxygen atoms in total. The summed E-state index contributed by atoms with van der Waals surface area (Å²) in [5.41, 5.74) is 8.40. The molecule has 112 valence electrons. The first-order chi connectivity index (χ1) is 10.6. The number of carbonyl (C=O) groups is 1. The van der Waals surface area contributed by atoms with Crippen molar-refractivity contribution in [3.63, 3.8) is 0 Å². The Kier molecular flexibility index (Phi) is 5.38. The van der Waals surface area contributed by atoms with Gasteiger partial charge in [0.1, 0.15) is 5.84 Å². The zero-order valence-corrected chi connectivity index (χ0v) is 12.5. The maximum Gasteiger partial charge on any atom is 0.163 e. The number of benzene rings is 2. The van der Waals surface area contributed by atoms with Crippen molar-refractivity contribution in [2.45, 2.75) is 12.8 Å². The standard InChI is InChI=1S/C16H15ClN4O/c17-13-8-6-12(7-9-13)15(22)10-11-16(18)21(20-19)14-4-2-1-3-5-14/h1-9,18-19H,10-11H2. The Morgan fingerprint density at radius 1 is 1.05 bits per heavy atom. The molecule has 0 aliphatic carbocycles. The summed E-state index contributed by atoms with van der Waals surface area (Å²) in [6, 6.07) is 15.6. The Balaban J connectivity index is 1.98. The van der Waals surface area contributed by atoms with Crippen LogP contribution in [0.2, 0.25) is 5.02 Å². The Morgan fingerprint density at radius 2 is 1.68 bits per heavy atom. The molecule has 0 aromatic heterocycles. The van der Waals surface area contributed by atoms with Crippen LogP contribution in [0.1, 0.15) is 23.2 Å². The number of ketones is 1. The van der Waals surface area contributed by atoms with E-state index in [0.717, 1.165) is 0 Å². The van der Waals surface area contributed by atoms with Gasteiger partial charge >= 0.3 is 0 Å². The average Bonchev–Trinajstić information content (AvgIpc) is 2.55. The van der Waals surface area contributed by atoms with Crippen molar-refractivity contribution in [3.8, 4) is 0 Å². The molecule has 0 spiro atoms. The van der Waals surface area contributed by atoms with Crippen LogP contribution in [0.4, 0.5) is 5.69 Å². The third kappa shape index (κ3) is 3.99. The first-order valence-electron chi connectivity index (χ1n) is 6.70. The second kappa shape index (κ2) is 7.47. The number of nitrogens with zero attached hydrogens (tertiary/aromatic N) is 2. The third-order valence-electron chi connectivity index (χ3n) is 3.11. The highest BCUT2D eigenvalue weighted by atomic mass is 35.5. The number of nitrogens with one attached hydrogen (secondary N) is 2. The van der Waals surface area contributed by atoms with E-state index in [-0.39, 0.29) is 24.5 Å². The SMILES string of the molecule is N=NN(C(=N)CCC(=O)c1ccc(Cl)cc1)c1ccccc1. The second-order valence-corrected chi connectivity index (χ2v) is 5.06. The maximum absolute atomic E-state index is 12.1. The van der Waals surface area contributed by atoms with Crippen LogP contribution in [0.3, 0.4) is 0 Å². The Labute approximate surface area is 133 Å². The monoisotopic (exact) mass is 314 g/mol. The van der Waals surface area contributed by atoms with Gasteiger partial charge in [0, 0.05) is 23.4 Å². The van der Waals surface area contributed by atoms with Gasteiger partial charge in [-0.25, -0.2) is 5.01 Å². The number of hydrogen-bond donors (Lipinski definition) is 2. The highest BCUT2D eigenvalue weighted by Gasteiger charge is 2.14. The van der Waals surface area contributed by atoms with Crippen LogP contribution in [-0.2, 0) is 0 Å². The van der Waals surface area contributed by atoms with Crippen molar-refractivity contribution in [1.82, 2.24) is 0 Å². The largest absolute Gasteiger partial charge is 0.294 e. The molecule has 2 aromatic rings. The van der Waals surface area contributed by atoms with E-state index in [0.29, 0.717) is 16.3 Å². The molecule has 0 aliphatic rings. The predicted molar refractivity (Wildman–Crippen MR) is 86.8 cm³/mol. The van der Waals surface area contributed by atoms with E-state index in [9.17, 15) is 4.79 Å². The van der Waals surface area contributed by atoms with Gasteiger partial charge in [0.25, 0.3) is 0 Å². The van der Waals surface area contributed by atoms with Gasteiger partial charge in [0.15, 0.2) is 5.78 Å². The van der Waals surface area contributed by atoms with E-state index < -0.39 is 0 Å². The molecule has 2 rings (SSSR count). The first kappa shape index (κ1) is 15.9. The molecule has 0 saturated carbocycles. The van der Waals surface area contributed by atoms with Crippen LogP contribution in [0.15, 0.2) is 59.8 Å².